The number of morpholine rings is 1. The molecule has 8 nitrogen and oxygen atoms in total. The van der Waals surface area contributed by atoms with Gasteiger partial charge in [0.15, 0.2) is 11.6 Å². The molecule has 1 fully saturated rings. The average Bonchev–Trinajstić information content (AvgIpc) is 2.86. The third-order valence-corrected chi connectivity index (χ3v) is 7.29. The van der Waals surface area contributed by atoms with E-state index < -0.39 is 10.0 Å². The van der Waals surface area contributed by atoms with E-state index in [1.54, 1.807) is 0 Å². The maximum atomic E-state index is 13.1. The molecular formula is C25H24ClN5O3S. The number of nitrogens with one attached hydrogen (secondary N) is 2. The minimum absolute atomic E-state index is 0.0773. The van der Waals surface area contributed by atoms with E-state index in [0.717, 1.165) is 30.0 Å². The molecule has 2 N–H and O–H groups in total. The molecule has 10 heteroatoms. The SMILES string of the molecule is Cc1ccc2nc(NS(=O)(=O)c3ccc(Cl)cc3)c(Nc3ccc(N4CCOCC4)cc3)nc2c1. The second-order valence-electron chi connectivity index (χ2n) is 8.24. The van der Waals surface area contributed by atoms with Crippen LogP contribution in [0.2, 0.25) is 5.02 Å². The lowest BCUT2D eigenvalue weighted by molar-refractivity contribution is 0.122. The number of anilines is 4. The molecule has 0 bridgehead atoms. The number of sulfonamides is 1. The van der Waals surface area contributed by atoms with E-state index in [0.29, 0.717) is 35.1 Å². The van der Waals surface area contributed by atoms with E-state index in [1.165, 1.54) is 24.3 Å². The Morgan fingerprint density at radius 2 is 1.57 bits per heavy atom. The highest BCUT2D eigenvalue weighted by Gasteiger charge is 2.19. The van der Waals surface area contributed by atoms with E-state index in [1.807, 2.05) is 49.4 Å². The van der Waals surface area contributed by atoms with Gasteiger partial charge in [-0.05, 0) is 73.2 Å². The predicted octanol–water partition coefficient (Wildman–Crippen LogP) is 4.97. The fourth-order valence-electron chi connectivity index (χ4n) is 3.84. The van der Waals surface area contributed by atoms with Crippen molar-refractivity contribution >= 4 is 55.7 Å². The smallest absolute Gasteiger partial charge is 0.263 e. The fourth-order valence-corrected chi connectivity index (χ4v) is 4.97. The Morgan fingerprint density at radius 3 is 2.29 bits per heavy atom. The molecule has 1 saturated heterocycles. The summed E-state index contributed by atoms with van der Waals surface area (Å²) in [5.41, 5.74) is 4.13. The molecule has 0 unspecified atom stereocenters. The largest absolute Gasteiger partial charge is 0.378 e. The second-order valence-corrected chi connectivity index (χ2v) is 10.4. The van der Waals surface area contributed by atoms with E-state index in [9.17, 15) is 8.42 Å². The zero-order valence-electron chi connectivity index (χ0n) is 19.0. The van der Waals surface area contributed by atoms with Gasteiger partial charge < -0.3 is 15.0 Å². The summed E-state index contributed by atoms with van der Waals surface area (Å²) in [5.74, 6) is 0.410. The van der Waals surface area contributed by atoms with Crippen molar-refractivity contribution in [2.75, 3.05) is 41.2 Å². The summed E-state index contributed by atoms with van der Waals surface area (Å²) < 4.78 is 34.1. The molecule has 0 atom stereocenters. The van der Waals surface area contributed by atoms with Crippen LogP contribution in [0, 0.1) is 6.92 Å². The summed E-state index contributed by atoms with van der Waals surface area (Å²) >= 11 is 5.92. The zero-order valence-corrected chi connectivity index (χ0v) is 20.6. The Morgan fingerprint density at radius 1 is 0.886 bits per heavy atom. The molecule has 5 rings (SSSR count). The number of hydrogen-bond donors (Lipinski definition) is 2. The van der Waals surface area contributed by atoms with E-state index >= 15 is 0 Å². The van der Waals surface area contributed by atoms with Gasteiger partial charge in [0.2, 0.25) is 0 Å². The fraction of sp³-hybridized carbons (Fsp3) is 0.200. The highest BCUT2D eigenvalue weighted by Crippen LogP contribution is 2.29. The van der Waals surface area contributed by atoms with Crippen LogP contribution in [-0.4, -0.2) is 44.7 Å². The maximum absolute atomic E-state index is 13.1. The minimum Gasteiger partial charge on any atom is -0.378 e. The summed E-state index contributed by atoms with van der Waals surface area (Å²) in [6.07, 6.45) is 0. The van der Waals surface area contributed by atoms with Gasteiger partial charge in [-0.3, -0.25) is 4.72 Å². The number of halogens is 1. The number of aromatic nitrogens is 2. The lowest BCUT2D eigenvalue weighted by atomic mass is 10.2. The topological polar surface area (TPSA) is 96.5 Å². The van der Waals surface area contributed by atoms with E-state index in [4.69, 9.17) is 16.3 Å². The predicted molar refractivity (Wildman–Crippen MR) is 139 cm³/mol. The number of nitrogens with zero attached hydrogens (tertiary/aromatic N) is 3. The molecule has 0 spiro atoms. The van der Waals surface area contributed by atoms with Gasteiger partial charge in [-0.25, -0.2) is 18.4 Å². The first-order chi connectivity index (χ1) is 16.9. The van der Waals surface area contributed by atoms with Gasteiger partial charge in [0, 0.05) is 29.5 Å². The average molecular weight is 510 g/mol. The van der Waals surface area contributed by atoms with Gasteiger partial charge >= 0.3 is 0 Å². The van der Waals surface area contributed by atoms with Crippen molar-refractivity contribution in [1.82, 2.24) is 9.97 Å². The van der Waals surface area contributed by atoms with Crippen LogP contribution in [0.5, 0.6) is 0 Å². The summed E-state index contributed by atoms with van der Waals surface area (Å²) in [6.45, 7) is 5.08. The van der Waals surface area contributed by atoms with Crippen LogP contribution in [0.15, 0.2) is 71.6 Å². The van der Waals surface area contributed by atoms with Crippen LogP contribution in [0.25, 0.3) is 11.0 Å². The molecule has 1 aromatic heterocycles. The molecule has 0 amide bonds. The maximum Gasteiger partial charge on any atom is 0.263 e. The molecule has 180 valence electrons. The molecule has 0 saturated carbocycles. The number of rotatable bonds is 6. The monoisotopic (exact) mass is 509 g/mol. The highest BCUT2D eigenvalue weighted by molar-refractivity contribution is 7.92. The van der Waals surface area contributed by atoms with Crippen molar-refractivity contribution in [3.8, 4) is 0 Å². The van der Waals surface area contributed by atoms with E-state index in [2.05, 4.69) is 24.9 Å². The zero-order chi connectivity index (χ0) is 24.4. The van der Waals surface area contributed by atoms with Crippen LogP contribution < -0.4 is 14.9 Å². The third kappa shape index (κ3) is 5.32. The number of benzene rings is 3. The van der Waals surface area contributed by atoms with Gasteiger partial charge in [0.05, 0.1) is 29.1 Å². The molecule has 1 aliphatic rings. The highest BCUT2D eigenvalue weighted by atomic mass is 35.5. The first-order valence-corrected chi connectivity index (χ1v) is 13.0. The molecular weight excluding hydrogens is 486 g/mol. The number of hydrogen-bond acceptors (Lipinski definition) is 7. The Kier molecular flexibility index (Phi) is 6.46. The molecule has 2 heterocycles. The lowest BCUT2D eigenvalue weighted by Crippen LogP contribution is -2.36. The summed E-state index contributed by atoms with van der Waals surface area (Å²) in [6, 6.07) is 19.5. The quantitative estimate of drug-likeness (QED) is 0.378. The first-order valence-electron chi connectivity index (χ1n) is 11.1. The Labute approximate surface area is 209 Å². The van der Waals surface area contributed by atoms with Crippen molar-refractivity contribution in [3.63, 3.8) is 0 Å². The Hall–Kier alpha value is -3.40. The minimum atomic E-state index is -3.91. The van der Waals surface area contributed by atoms with Gasteiger partial charge in [-0.15, -0.1) is 0 Å². The van der Waals surface area contributed by atoms with Gasteiger partial charge in [0.1, 0.15) is 0 Å². The Balaban J connectivity index is 1.48. The molecule has 35 heavy (non-hydrogen) atoms. The summed E-state index contributed by atoms with van der Waals surface area (Å²) in [4.78, 5) is 11.6. The van der Waals surface area contributed by atoms with Crippen LogP contribution in [0.1, 0.15) is 5.56 Å². The van der Waals surface area contributed by atoms with Crippen LogP contribution in [0.3, 0.4) is 0 Å². The van der Waals surface area contributed by atoms with Crippen molar-refractivity contribution in [1.29, 1.82) is 0 Å². The van der Waals surface area contributed by atoms with Crippen molar-refractivity contribution in [2.45, 2.75) is 11.8 Å². The molecule has 1 aliphatic heterocycles. The van der Waals surface area contributed by atoms with Gasteiger partial charge in [-0.1, -0.05) is 17.7 Å². The molecule has 4 aromatic rings. The molecule has 0 radical (unpaired) electrons. The standard InChI is InChI=1S/C25H24ClN5O3S/c1-17-2-11-22-23(16-17)29-24(25(28-22)30-35(32,33)21-9-3-18(26)4-10-21)27-19-5-7-20(8-6-19)31-12-14-34-15-13-31/h2-11,16H,12-15H2,1H3,(H,27,29)(H,28,30). The van der Waals surface area contributed by atoms with Crippen LogP contribution >= 0.6 is 11.6 Å². The van der Waals surface area contributed by atoms with Crippen molar-refractivity contribution in [2.24, 2.45) is 0 Å². The normalized spacial score (nSPS) is 14.2. The van der Waals surface area contributed by atoms with Crippen molar-refractivity contribution in [3.05, 3.63) is 77.3 Å². The van der Waals surface area contributed by atoms with E-state index in [-0.39, 0.29) is 10.7 Å². The van der Waals surface area contributed by atoms with Crippen molar-refractivity contribution < 1.29 is 13.2 Å². The Bertz CT molecular complexity index is 1460. The summed E-state index contributed by atoms with van der Waals surface area (Å²) in [7, 11) is -3.91. The number of fused-ring (bicyclic) bond motifs is 1. The number of aryl methyl sites for hydroxylation is 1. The molecule has 3 aromatic carbocycles. The molecule has 0 aliphatic carbocycles. The van der Waals surface area contributed by atoms with Crippen LogP contribution in [0.4, 0.5) is 23.0 Å². The van der Waals surface area contributed by atoms with Gasteiger partial charge in [0.25, 0.3) is 10.0 Å². The second kappa shape index (κ2) is 9.69. The summed E-state index contributed by atoms with van der Waals surface area (Å²) in [5, 5.41) is 3.68. The number of ether oxygens (including phenoxy) is 1. The third-order valence-electron chi connectivity index (χ3n) is 5.68. The lowest BCUT2D eigenvalue weighted by Gasteiger charge is -2.29. The van der Waals surface area contributed by atoms with Gasteiger partial charge in [-0.2, -0.15) is 0 Å². The first kappa shape index (κ1) is 23.3. The van der Waals surface area contributed by atoms with Crippen LogP contribution in [-0.2, 0) is 14.8 Å².